The molecule has 3 heterocycles. The molecule has 4 aromatic rings. The smallest absolute Gasteiger partial charge is 0.358 e. The van der Waals surface area contributed by atoms with Crippen LogP contribution in [0.3, 0.4) is 0 Å². The number of esters is 1. The lowest BCUT2D eigenvalue weighted by Gasteiger charge is -2.24. The van der Waals surface area contributed by atoms with Crippen molar-refractivity contribution in [1.29, 1.82) is 0 Å². The summed E-state index contributed by atoms with van der Waals surface area (Å²) >= 11 is 3.15. The Morgan fingerprint density at radius 2 is 1.98 bits per heavy atom. The van der Waals surface area contributed by atoms with Crippen LogP contribution in [-0.4, -0.2) is 54.1 Å². The van der Waals surface area contributed by atoms with Gasteiger partial charge in [0.05, 0.1) is 16.8 Å². The highest BCUT2D eigenvalue weighted by Gasteiger charge is 2.30. The van der Waals surface area contributed by atoms with Gasteiger partial charge >= 0.3 is 5.97 Å². The Morgan fingerprint density at radius 3 is 2.66 bits per heavy atom. The molecule has 41 heavy (non-hydrogen) atoms. The fraction of sp³-hybridized carbons (Fsp3) is 0.483. The number of hydrogen-bond donors (Lipinski definition) is 0. The minimum absolute atomic E-state index is 0.325. The number of aryl methyl sites for hydroxylation is 1. The highest BCUT2D eigenvalue weighted by Crippen LogP contribution is 2.43. The van der Waals surface area contributed by atoms with Crippen molar-refractivity contribution in [2.75, 3.05) is 25.2 Å². The lowest BCUT2D eigenvalue weighted by Crippen LogP contribution is -2.23. The molecule has 0 atom stereocenters. The summed E-state index contributed by atoms with van der Waals surface area (Å²) in [6, 6.07) is 11.4. The molecule has 0 aliphatic heterocycles. The second-order valence-electron chi connectivity index (χ2n) is 11.6. The van der Waals surface area contributed by atoms with Gasteiger partial charge in [-0.25, -0.2) is 9.78 Å². The van der Waals surface area contributed by atoms with Crippen LogP contribution < -0.4 is 9.70 Å². The van der Waals surface area contributed by atoms with Gasteiger partial charge in [-0.1, -0.05) is 49.5 Å². The Kier molecular flexibility index (Phi) is 9.02. The van der Waals surface area contributed by atoms with E-state index >= 15 is 0 Å². The van der Waals surface area contributed by atoms with E-state index in [0.717, 1.165) is 51.0 Å². The molecule has 9 nitrogen and oxygen atoms in total. The topological polar surface area (TPSA) is 94.7 Å². The first-order valence-corrected chi connectivity index (χ1v) is 19.5. The van der Waals surface area contributed by atoms with Crippen LogP contribution >= 0.6 is 22.7 Å². The van der Waals surface area contributed by atoms with Crippen molar-refractivity contribution < 1.29 is 14.3 Å². The van der Waals surface area contributed by atoms with Gasteiger partial charge in [-0.2, -0.15) is 4.99 Å². The molecule has 1 saturated carbocycles. The number of benzene rings is 1. The molecule has 0 radical (unpaired) electrons. The summed E-state index contributed by atoms with van der Waals surface area (Å²) < 4.78 is 14.7. The highest BCUT2D eigenvalue weighted by molar-refractivity contribution is 7.16. The third-order valence-electron chi connectivity index (χ3n) is 7.17. The monoisotopic (exact) mass is 610 g/mol. The van der Waals surface area contributed by atoms with Crippen molar-refractivity contribution in [1.82, 2.24) is 19.7 Å². The van der Waals surface area contributed by atoms with Crippen LogP contribution in [0.1, 0.15) is 53.0 Å². The van der Waals surface area contributed by atoms with E-state index in [1.54, 1.807) is 11.3 Å². The lowest BCUT2D eigenvalue weighted by molar-refractivity contribution is 0.0518. The normalized spacial score (nSPS) is 14.4. The summed E-state index contributed by atoms with van der Waals surface area (Å²) in [6.07, 6.45) is 3.33. The number of ether oxygens (including phenoxy) is 2. The molecule has 1 aliphatic rings. The van der Waals surface area contributed by atoms with Gasteiger partial charge in [0.15, 0.2) is 27.3 Å². The van der Waals surface area contributed by atoms with Crippen molar-refractivity contribution in [3.05, 3.63) is 51.3 Å². The van der Waals surface area contributed by atoms with Gasteiger partial charge in [-0.15, -0.1) is 21.5 Å². The summed E-state index contributed by atoms with van der Waals surface area (Å²) in [4.78, 5) is 25.9. The largest absolute Gasteiger partial charge is 0.461 e. The molecule has 3 aromatic heterocycles. The summed E-state index contributed by atoms with van der Waals surface area (Å²) in [5.74, 6) is 1.22. The molecule has 12 heteroatoms. The number of aromatic nitrogens is 4. The van der Waals surface area contributed by atoms with E-state index in [2.05, 4.69) is 51.5 Å². The van der Waals surface area contributed by atoms with Crippen LogP contribution in [0.2, 0.25) is 25.7 Å². The van der Waals surface area contributed by atoms with E-state index in [0.29, 0.717) is 41.7 Å². The number of anilines is 2. The summed E-state index contributed by atoms with van der Waals surface area (Å²) in [5, 5.41) is 9.70. The standard InChI is InChI=1S/C29H38N6O3S2Si/c1-7-38-27(36)24-25(20-11-10-12-20)40-28(30-24)34(3)23-17-19(2)26(33-32-23)31-29-35(18-37-15-16-41(4,5)6)21-13-8-9-14-22(21)39-29/h8-9,13-14,17,20H,7,10-12,15-16,18H2,1-6H3/b31-29-. The molecule has 0 amide bonds. The van der Waals surface area contributed by atoms with E-state index in [4.69, 9.17) is 14.5 Å². The summed E-state index contributed by atoms with van der Waals surface area (Å²) in [7, 11) is 0.724. The van der Waals surface area contributed by atoms with E-state index in [9.17, 15) is 4.79 Å². The predicted octanol–water partition coefficient (Wildman–Crippen LogP) is 7.01. The molecular weight excluding hydrogens is 573 g/mol. The first-order valence-electron chi connectivity index (χ1n) is 14.1. The third-order valence-corrected chi connectivity index (χ3v) is 11.2. The second kappa shape index (κ2) is 12.5. The Morgan fingerprint density at radius 1 is 1.20 bits per heavy atom. The summed E-state index contributed by atoms with van der Waals surface area (Å²) in [5.41, 5.74) is 2.42. The number of rotatable bonds is 11. The number of nitrogens with zero attached hydrogens (tertiary/aromatic N) is 6. The maximum absolute atomic E-state index is 12.6. The van der Waals surface area contributed by atoms with Gasteiger partial charge in [-0.3, -0.25) is 4.57 Å². The fourth-order valence-corrected chi connectivity index (χ4v) is 7.42. The van der Waals surface area contributed by atoms with Crippen molar-refractivity contribution in [2.24, 2.45) is 4.99 Å². The summed E-state index contributed by atoms with van der Waals surface area (Å²) in [6.45, 7) is 12.4. The van der Waals surface area contributed by atoms with Crippen molar-refractivity contribution >= 4 is 63.7 Å². The zero-order chi connectivity index (χ0) is 29.1. The predicted molar refractivity (Wildman–Crippen MR) is 169 cm³/mol. The van der Waals surface area contributed by atoms with Crippen LogP contribution in [0.4, 0.5) is 16.8 Å². The molecule has 1 aromatic carbocycles. The first kappa shape index (κ1) is 29.6. The van der Waals surface area contributed by atoms with Gasteiger partial charge < -0.3 is 14.4 Å². The van der Waals surface area contributed by atoms with Gasteiger partial charge in [0.2, 0.25) is 0 Å². The van der Waals surface area contributed by atoms with Gasteiger partial charge in [0, 0.05) is 26.6 Å². The minimum atomic E-state index is -1.17. The molecule has 218 valence electrons. The number of hydrogen-bond acceptors (Lipinski definition) is 10. The number of carbonyl (C=O) groups is 1. The quantitative estimate of drug-likeness (QED) is 0.102. The first-order chi connectivity index (χ1) is 19.6. The number of fused-ring (bicyclic) bond motifs is 1. The van der Waals surface area contributed by atoms with E-state index < -0.39 is 8.07 Å². The maximum Gasteiger partial charge on any atom is 0.358 e. The van der Waals surface area contributed by atoms with E-state index in [1.807, 2.05) is 44.0 Å². The Balaban J connectivity index is 1.42. The average Bonchev–Trinajstić information content (AvgIpc) is 3.48. The molecule has 0 saturated heterocycles. The van der Waals surface area contributed by atoms with Crippen molar-refractivity contribution in [3.8, 4) is 0 Å². The molecule has 1 fully saturated rings. The van der Waals surface area contributed by atoms with Crippen LogP contribution in [0.25, 0.3) is 10.2 Å². The lowest BCUT2D eigenvalue weighted by atomic mass is 9.83. The highest BCUT2D eigenvalue weighted by atomic mass is 32.1. The Labute approximate surface area is 249 Å². The van der Waals surface area contributed by atoms with Crippen LogP contribution in [0.5, 0.6) is 0 Å². The molecular formula is C29H38N6O3S2Si. The zero-order valence-corrected chi connectivity index (χ0v) is 27.3. The molecule has 5 rings (SSSR count). The third kappa shape index (κ3) is 6.77. The Hall–Kier alpha value is -2.93. The minimum Gasteiger partial charge on any atom is -0.461 e. The molecule has 0 N–H and O–H groups in total. The zero-order valence-electron chi connectivity index (χ0n) is 24.6. The van der Waals surface area contributed by atoms with Crippen molar-refractivity contribution in [2.45, 2.75) is 71.4 Å². The van der Waals surface area contributed by atoms with Gasteiger partial charge in [0.25, 0.3) is 0 Å². The maximum atomic E-state index is 12.6. The molecule has 0 spiro atoms. The number of para-hydroxylation sites is 1. The van der Waals surface area contributed by atoms with Gasteiger partial charge in [0.1, 0.15) is 6.73 Å². The van der Waals surface area contributed by atoms with E-state index in [-0.39, 0.29) is 5.97 Å². The van der Waals surface area contributed by atoms with E-state index in [1.165, 1.54) is 17.8 Å². The SMILES string of the molecule is CCOC(=O)c1nc(N(C)c2cc(C)c(/N=c3\sc4ccccc4n3COCC[Si](C)(C)C)nn2)sc1C1CCC1. The number of thiazole rings is 2. The fourth-order valence-electron chi connectivity index (χ4n) is 4.45. The number of carbonyl (C=O) groups excluding carboxylic acids is 1. The Bertz CT molecular complexity index is 1600. The van der Waals surface area contributed by atoms with Crippen LogP contribution in [0.15, 0.2) is 35.3 Å². The molecule has 1 aliphatic carbocycles. The molecule has 0 unspecified atom stereocenters. The van der Waals surface area contributed by atoms with Crippen LogP contribution in [-0.2, 0) is 16.2 Å². The second-order valence-corrected chi connectivity index (χ2v) is 19.2. The average molecular weight is 611 g/mol. The van der Waals surface area contributed by atoms with Crippen molar-refractivity contribution in [3.63, 3.8) is 0 Å². The molecule has 0 bridgehead atoms. The van der Waals surface area contributed by atoms with Crippen LogP contribution in [0, 0.1) is 6.92 Å². The van der Waals surface area contributed by atoms with Gasteiger partial charge in [-0.05, 0) is 62.4 Å².